The van der Waals surface area contributed by atoms with Gasteiger partial charge in [0, 0.05) is 21.3 Å². The van der Waals surface area contributed by atoms with Crippen molar-refractivity contribution in [1.29, 1.82) is 0 Å². The molecular formula is C11H23NOS. The largest absolute Gasteiger partial charge is 0.330 e. The zero-order valence-electron chi connectivity index (χ0n) is 9.21. The fourth-order valence-electron chi connectivity index (χ4n) is 2.15. The van der Waals surface area contributed by atoms with E-state index < -0.39 is 10.8 Å². The minimum atomic E-state index is -0.642. The van der Waals surface area contributed by atoms with Crippen molar-refractivity contribution in [2.45, 2.75) is 62.4 Å². The van der Waals surface area contributed by atoms with Gasteiger partial charge < -0.3 is 5.73 Å². The minimum Gasteiger partial charge on any atom is -0.330 e. The van der Waals surface area contributed by atoms with E-state index in [-0.39, 0.29) is 0 Å². The zero-order chi connectivity index (χ0) is 10.4. The Morgan fingerprint density at radius 3 is 2.36 bits per heavy atom. The zero-order valence-corrected chi connectivity index (χ0v) is 10.0. The summed E-state index contributed by atoms with van der Waals surface area (Å²) >= 11 is 0. The summed E-state index contributed by atoms with van der Waals surface area (Å²) in [4.78, 5) is 0. The summed E-state index contributed by atoms with van der Waals surface area (Å²) in [6.45, 7) is 2.74. The molecule has 0 bridgehead atoms. The van der Waals surface area contributed by atoms with E-state index in [0.29, 0.717) is 17.0 Å². The molecule has 3 heteroatoms. The van der Waals surface area contributed by atoms with Crippen LogP contribution in [0.3, 0.4) is 0 Å². The standard InChI is InChI=1S/C11H23NOS/c1-10(8-9-12)14(13)11-6-4-2-3-5-7-11/h10-11H,2-9,12H2,1H3. The number of hydrogen-bond acceptors (Lipinski definition) is 2. The van der Waals surface area contributed by atoms with E-state index in [9.17, 15) is 4.21 Å². The van der Waals surface area contributed by atoms with Gasteiger partial charge in [-0.25, -0.2) is 0 Å². The molecular weight excluding hydrogens is 194 g/mol. The van der Waals surface area contributed by atoms with Crippen LogP contribution in [-0.4, -0.2) is 21.3 Å². The van der Waals surface area contributed by atoms with Crippen LogP contribution in [0.15, 0.2) is 0 Å². The molecule has 1 aliphatic carbocycles. The maximum atomic E-state index is 12.1. The first-order chi connectivity index (χ1) is 6.75. The third kappa shape index (κ3) is 3.70. The molecule has 0 aromatic rings. The summed E-state index contributed by atoms with van der Waals surface area (Å²) in [6, 6.07) is 0. The molecule has 14 heavy (non-hydrogen) atoms. The Morgan fingerprint density at radius 1 is 1.29 bits per heavy atom. The molecule has 2 atom stereocenters. The predicted octanol–water partition coefficient (Wildman–Crippen LogP) is 2.20. The van der Waals surface area contributed by atoms with Gasteiger partial charge in [-0.1, -0.05) is 32.6 Å². The van der Waals surface area contributed by atoms with Gasteiger partial charge >= 0.3 is 0 Å². The number of rotatable bonds is 4. The second-order valence-corrected chi connectivity index (χ2v) is 6.46. The van der Waals surface area contributed by atoms with Crippen LogP contribution < -0.4 is 5.73 Å². The van der Waals surface area contributed by atoms with Crippen LogP contribution in [0.2, 0.25) is 0 Å². The highest BCUT2D eigenvalue weighted by Crippen LogP contribution is 2.23. The van der Waals surface area contributed by atoms with Crippen molar-refractivity contribution >= 4 is 10.8 Å². The van der Waals surface area contributed by atoms with Gasteiger partial charge in [-0.2, -0.15) is 0 Å². The van der Waals surface area contributed by atoms with Crippen LogP contribution in [0, 0.1) is 0 Å². The minimum absolute atomic E-state index is 0.295. The van der Waals surface area contributed by atoms with Gasteiger partial charge in [0.15, 0.2) is 0 Å². The van der Waals surface area contributed by atoms with Crippen molar-refractivity contribution < 1.29 is 4.21 Å². The van der Waals surface area contributed by atoms with E-state index in [4.69, 9.17) is 5.73 Å². The number of hydrogen-bond donors (Lipinski definition) is 1. The molecule has 0 spiro atoms. The molecule has 0 radical (unpaired) electrons. The molecule has 1 saturated carbocycles. The third-order valence-electron chi connectivity index (χ3n) is 3.10. The molecule has 0 aromatic carbocycles. The highest BCUT2D eigenvalue weighted by atomic mass is 32.2. The molecule has 0 saturated heterocycles. The van der Waals surface area contributed by atoms with E-state index in [1.165, 1.54) is 38.5 Å². The molecule has 2 nitrogen and oxygen atoms in total. The van der Waals surface area contributed by atoms with Crippen LogP contribution in [0.4, 0.5) is 0 Å². The number of nitrogens with two attached hydrogens (primary N) is 1. The van der Waals surface area contributed by atoms with Crippen molar-refractivity contribution in [3.05, 3.63) is 0 Å². The monoisotopic (exact) mass is 217 g/mol. The predicted molar refractivity (Wildman–Crippen MR) is 62.8 cm³/mol. The Balaban J connectivity index is 2.40. The van der Waals surface area contributed by atoms with Gasteiger partial charge in [0.1, 0.15) is 0 Å². The topological polar surface area (TPSA) is 43.1 Å². The lowest BCUT2D eigenvalue weighted by Crippen LogP contribution is -2.25. The quantitative estimate of drug-likeness (QED) is 0.734. The molecule has 1 rings (SSSR count). The lowest BCUT2D eigenvalue weighted by Gasteiger charge is -2.18. The van der Waals surface area contributed by atoms with E-state index >= 15 is 0 Å². The highest BCUT2D eigenvalue weighted by Gasteiger charge is 2.22. The molecule has 0 aromatic heterocycles. The first-order valence-electron chi connectivity index (χ1n) is 5.85. The maximum absolute atomic E-state index is 12.1. The molecule has 2 unspecified atom stereocenters. The van der Waals surface area contributed by atoms with Crippen LogP contribution in [0.5, 0.6) is 0 Å². The lowest BCUT2D eigenvalue weighted by atomic mass is 10.2. The first kappa shape index (κ1) is 12.2. The maximum Gasteiger partial charge on any atom is 0.0350 e. The summed E-state index contributed by atoms with van der Waals surface area (Å²) in [6.07, 6.45) is 8.45. The Bertz CT molecular complexity index is 176. The molecule has 1 fully saturated rings. The second-order valence-electron chi connectivity index (χ2n) is 4.33. The van der Waals surface area contributed by atoms with Gasteiger partial charge in [-0.15, -0.1) is 0 Å². The van der Waals surface area contributed by atoms with Crippen LogP contribution >= 0.6 is 0 Å². The van der Waals surface area contributed by atoms with Crippen LogP contribution in [0.1, 0.15) is 51.9 Å². The molecule has 1 aliphatic rings. The van der Waals surface area contributed by atoms with Crippen LogP contribution in [-0.2, 0) is 10.8 Å². The summed E-state index contributed by atoms with van der Waals surface area (Å²) in [7, 11) is -0.642. The Kier molecular flexibility index (Phi) is 5.71. The normalized spacial score (nSPS) is 24.1. The summed E-state index contributed by atoms with van der Waals surface area (Å²) in [5.74, 6) is 0. The smallest absolute Gasteiger partial charge is 0.0350 e. The third-order valence-corrected chi connectivity index (χ3v) is 5.26. The lowest BCUT2D eigenvalue weighted by molar-refractivity contribution is 0.626. The SMILES string of the molecule is CC(CCN)S(=O)C1CCCCCC1. The molecule has 2 N–H and O–H groups in total. The Morgan fingerprint density at radius 2 is 1.86 bits per heavy atom. The van der Waals surface area contributed by atoms with Crippen molar-refractivity contribution in [3.63, 3.8) is 0 Å². The van der Waals surface area contributed by atoms with Gasteiger partial charge in [0.2, 0.25) is 0 Å². The molecule has 0 heterocycles. The van der Waals surface area contributed by atoms with Gasteiger partial charge in [-0.05, 0) is 25.8 Å². The summed E-state index contributed by atoms with van der Waals surface area (Å²) < 4.78 is 12.1. The van der Waals surface area contributed by atoms with Gasteiger partial charge in [0.25, 0.3) is 0 Å². The van der Waals surface area contributed by atoms with E-state index in [0.717, 1.165) is 6.42 Å². The van der Waals surface area contributed by atoms with E-state index in [1.807, 2.05) is 0 Å². The summed E-state index contributed by atoms with van der Waals surface area (Å²) in [5.41, 5.74) is 5.49. The second kappa shape index (κ2) is 6.57. The fraction of sp³-hybridized carbons (Fsp3) is 1.00. The van der Waals surface area contributed by atoms with E-state index in [2.05, 4.69) is 6.92 Å². The van der Waals surface area contributed by atoms with Crippen molar-refractivity contribution in [2.75, 3.05) is 6.54 Å². The summed E-state index contributed by atoms with van der Waals surface area (Å²) in [5, 5.41) is 0.752. The van der Waals surface area contributed by atoms with Crippen molar-refractivity contribution in [1.82, 2.24) is 0 Å². The Labute approximate surface area is 90.1 Å². The highest BCUT2D eigenvalue weighted by molar-refractivity contribution is 7.86. The fourth-order valence-corrected chi connectivity index (χ4v) is 3.98. The molecule has 84 valence electrons. The van der Waals surface area contributed by atoms with Crippen molar-refractivity contribution in [3.8, 4) is 0 Å². The van der Waals surface area contributed by atoms with E-state index in [1.54, 1.807) is 0 Å². The van der Waals surface area contributed by atoms with Crippen LogP contribution in [0.25, 0.3) is 0 Å². The first-order valence-corrected chi connectivity index (χ1v) is 7.12. The van der Waals surface area contributed by atoms with Gasteiger partial charge in [0.05, 0.1) is 0 Å². The Hall–Kier alpha value is 0.110. The molecule has 0 aliphatic heterocycles. The van der Waals surface area contributed by atoms with Gasteiger partial charge in [-0.3, -0.25) is 4.21 Å². The average Bonchev–Trinajstić information content (AvgIpc) is 2.45. The van der Waals surface area contributed by atoms with Crippen molar-refractivity contribution in [2.24, 2.45) is 5.73 Å². The average molecular weight is 217 g/mol. The molecule has 0 amide bonds.